The van der Waals surface area contributed by atoms with E-state index in [1.54, 1.807) is 0 Å². The second-order valence-electron chi connectivity index (χ2n) is 2.20. The molecule has 0 bridgehead atoms. The summed E-state index contributed by atoms with van der Waals surface area (Å²) in [6, 6.07) is 0. The number of halogens is 4. The normalized spacial score (nSPS) is 30.7. The topological polar surface area (TPSA) is 0 Å². The van der Waals surface area contributed by atoms with Gasteiger partial charge in [0.1, 0.15) is 0 Å². The van der Waals surface area contributed by atoms with Crippen molar-refractivity contribution < 1.29 is 17.6 Å². The third-order valence-electron chi connectivity index (χ3n) is 1.19. The average Bonchev–Trinajstić information content (AvgIpc) is 1.78. The van der Waals surface area contributed by atoms with Gasteiger partial charge in [-0.05, 0) is 0 Å². The first kappa shape index (κ1) is 6.83. The highest BCUT2D eigenvalue weighted by Gasteiger charge is 2.50. The predicted octanol–water partition coefficient (Wildman–Crippen LogP) is 2.26. The van der Waals surface area contributed by atoms with Crippen molar-refractivity contribution in [3.05, 3.63) is 6.42 Å². The molecule has 53 valence electrons. The van der Waals surface area contributed by atoms with Crippen LogP contribution in [-0.4, -0.2) is 11.8 Å². The lowest BCUT2D eigenvalue weighted by molar-refractivity contribution is -0.0457. The molecule has 1 fully saturated rings. The van der Waals surface area contributed by atoms with E-state index in [0.717, 1.165) is 0 Å². The summed E-state index contributed by atoms with van der Waals surface area (Å²) >= 11 is 0. The molecule has 0 N–H and O–H groups in total. The van der Waals surface area contributed by atoms with E-state index in [1.165, 1.54) is 0 Å². The van der Waals surface area contributed by atoms with Crippen molar-refractivity contribution in [2.45, 2.75) is 24.7 Å². The molecule has 1 aliphatic rings. The Hall–Kier alpha value is -0.280. The van der Waals surface area contributed by atoms with Gasteiger partial charge in [-0.2, -0.15) is 0 Å². The van der Waals surface area contributed by atoms with E-state index in [4.69, 9.17) is 0 Å². The van der Waals surface area contributed by atoms with Crippen LogP contribution >= 0.6 is 0 Å². The Bertz CT molecular complexity index is 104. The molecule has 0 unspecified atom stereocenters. The maximum absolute atomic E-state index is 11.9. The van der Waals surface area contributed by atoms with Gasteiger partial charge in [0, 0.05) is 12.8 Å². The summed E-state index contributed by atoms with van der Waals surface area (Å²) in [5, 5.41) is 0. The van der Waals surface area contributed by atoms with Crippen molar-refractivity contribution >= 4 is 0 Å². The van der Waals surface area contributed by atoms with Crippen LogP contribution < -0.4 is 0 Å². The smallest absolute Gasteiger partial charge is 0.207 e. The van der Waals surface area contributed by atoms with Gasteiger partial charge in [-0.15, -0.1) is 0 Å². The van der Waals surface area contributed by atoms with Gasteiger partial charge in [0.05, 0.1) is 6.42 Å². The molecule has 9 heavy (non-hydrogen) atoms. The summed E-state index contributed by atoms with van der Waals surface area (Å²) in [6.07, 6.45) is -1.74. The van der Waals surface area contributed by atoms with Gasteiger partial charge in [0.25, 0.3) is 11.8 Å². The first-order valence-electron chi connectivity index (χ1n) is 2.51. The highest BCUT2D eigenvalue weighted by Crippen LogP contribution is 2.43. The van der Waals surface area contributed by atoms with Crippen molar-refractivity contribution in [3.63, 3.8) is 0 Å². The molecular weight excluding hydrogens is 136 g/mol. The molecule has 0 aromatic carbocycles. The van der Waals surface area contributed by atoms with Crippen molar-refractivity contribution in [2.75, 3.05) is 0 Å². The zero-order valence-electron chi connectivity index (χ0n) is 4.50. The van der Waals surface area contributed by atoms with E-state index >= 15 is 0 Å². The second kappa shape index (κ2) is 1.61. The Morgan fingerprint density at radius 1 is 1.11 bits per heavy atom. The molecule has 0 nitrogen and oxygen atoms in total. The van der Waals surface area contributed by atoms with Crippen LogP contribution in [0.5, 0.6) is 0 Å². The maximum Gasteiger partial charge on any atom is 0.257 e. The van der Waals surface area contributed by atoms with Crippen LogP contribution in [0.15, 0.2) is 0 Å². The van der Waals surface area contributed by atoms with Crippen LogP contribution in [0.4, 0.5) is 17.6 Å². The molecule has 0 spiro atoms. The maximum atomic E-state index is 11.9. The van der Waals surface area contributed by atoms with Crippen LogP contribution in [0, 0.1) is 6.42 Å². The van der Waals surface area contributed by atoms with Crippen LogP contribution in [0.25, 0.3) is 0 Å². The fourth-order valence-electron chi connectivity index (χ4n) is 0.788. The van der Waals surface area contributed by atoms with Crippen LogP contribution in [0.3, 0.4) is 0 Å². The molecule has 4 heteroatoms. The van der Waals surface area contributed by atoms with Gasteiger partial charge in [-0.25, -0.2) is 17.6 Å². The molecule has 0 aromatic rings. The van der Waals surface area contributed by atoms with E-state index in [1.807, 2.05) is 0 Å². The SMILES string of the molecule is FC1(F)[CH]CC(F)(F)C1. The van der Waals surface area contributed by atoms with Crippen molar-refractivity contribution in [3.8, 4) is 0 Å². The van der Waals surface area contributed by atoms with Gasteiger partial charge in [-0.3, -0.25) is 0 Å². The number of hydrogen-bond acceptors (Lipinski definition) is 0. The molecule has 0 saturated heterocycles. The molecule has 0 aromatic heterocycles. The Morgan fingerprint density at radius 3 is 1.78 bits per heavy atom. The van der Waals surface area contributed by atoms with Gasteiger partial charge in [-0.1, -0.05) is 0 Å². The molecule has 1 rings (SSSR count). The van der Waals surface area contributed by atoms with E-state index < -0.39 is 24.7 Å². The number of alkyl halides is 4. The Kier molecular flexibility index (Phi) is 1.22. The molecule has 0 heterocycles. The lowest BCUT2D eigenvalue weighted by atomic mass is 10.3. The van der Waals surface area contributed by atoms with Crippen molar-refractivity contribution in [2.24, 2.45) is 0 Å². The van der Waals surface area contributed by atoms with E-state index in [2.05, 4.69) is 0 Å². The van der Waals surface area contributed by atoms with Gasteiger partial charge in [0.2, 0.25) is 0 Å². The molecular formula is C5H5F4. The monoisotopic (exact) mass is 141 g/mol. The Morgan fingerprint density at radius 2 is 1.67 bits per heavy atom. The van der Waals surface area contributed by atoms with Gasteiger partial charge < -0.3 is 0 Å². The van der Waals surface area contributed by atoms with Crippen LogP contribution in [0.2, 0.25) is 0 Å². The summed E-state index contributed by atoms with van der Waals surface area (Å²) in [4.78, 5) is 0. The third kappa shape index (κ3) is 1.56. The highest BCUT2D eigenvalue weighted by molar-refractivity contribution is 4.99. The Labute approximate surface area is 49.9 Å². The summed E-state index contributed by atoms with van der Waals surface area (Å²) in [6.45, 7) is 0. The van der Waals surface area contributed by atoms with Gasteiger partial charge in [0.15, 0.2) is 0 Å². The van der Waals surface area contributed by atoms with Gasteiger partial charge >= 0.3 is 0 Å². The number of hydrogen-bond donors (Lipinski definition) is 0. The van der Waals surface area contributed by atoms with E-state index in [-0.39, 0.29) is 0 Å². The minimum absolute atomic E-state index is 0.368. The lowest BCUT2D eigenvalue weighted by Gasteiger charge is -2.07. The Balaban J connectivity index is 2.58. The quantitative estimate of drug-likeness (QED) is 0.454. The highest BCUT2D eigenvalue weighted by atomic mass is 19.3. The minimum Gasteiger partial charge on any atom is -0.207 e. The fraction of sp³-hybridized carbons (Fsp3) is 0.800. The molecule has 0 atom stereocenters. The summed E-state index contributed by atoms with van der Waals surface area (Å²) in [5.74, 6) is -6.42. The fourth-order valence-corrected chi connectivity index (χ4v) is 0.788. The zero-order valence-corrected chi connectivity index (χ0v) is 4.50. The summed E-state index contributed by atoms with van der Waals surface area (Å²) < 4.78 is 47.7. The summed E-state index contributed by atoms with van der Waals surface area (Å²) in [5.41, 5.74) is 0. The predicted molar refractivity (Wildman–Crippen MR) is 23.4 cm³/mol. The second-order valence-corrected chi connectivity index (χ2v) is 2.20. The first-order valence-corrected chi connectivity index (χ1v) is 2.51. The standard InChI is InChI=1S/C5H5F4/c6-4(7)1-2-5(8,9)3-4/h1H,2-3H2. The van der Waals surface area contributed by atoms with Crippen LogP contribution in [-0.2, 0) is 0 Å². The minimum atomic E-state index is -3.25. The first-order chi connectivity index (χ1) is 3.91. The van der Waals surface area contributed by atoms with E-state index in [9.17, 15) is 17.6 Å². The van der Waals surface area contributed by atoms with E-state index in [0.29, 0.717) is 6.42 Å². The number of rotatable bonds is 0. The largest absolute Gasteiger partial charge is 0.257 e. The zero-order chi connectivity index (χ0) is 7.12. The molecule has 1 saturated carbocycles. The average molecular weight is 141 g/mol. The van der Waals surface area contributed by atoms with Crippen LogP contribution in [0.1, 0.15) is 12.8 Å². The molecule has 0 aliphatic heterocycles. The molecule has 1 aliphatic carbocycles. The van der Waals surface area contributed by atoms with Crippen molar-refractivity contribution in [1.82, 2.24) is 0 Å². The summed E-state index contributed by atoms with van der Waals surface area (Å²) in [7, 11) is 0. The van der Waals surface area contributed by atoms with Crippen molar-refractivity contribution in [1.29, 1.82) is 0 Å². The molecule has 1 radical (unpaired) electrons. The third-order valence-corrected chi connectivity index (χ3v) is 1.19. The molecule has 0 amide bonds. The lowest BCUT2D eigenvalue weighted by Crippen LogP contribution is -2.16.